The smallest absolute Gasteiger partial charge is 0.307 e. The van der Waals surface area contributed by atoms with E-state index in [1.54, 1.807) is 7.11 Å². The predicted molar refractivity (Wildman–Crippen MR) is 48.2 cm³/mol. The quantitative estimate of drug-likeness (QED) is 0.629. The van der Waals surface area contributed by atoms with Crippen molar-refractivity contribution >= 4 is 5.97 Å². The highest BCUT2D eigenvalue weighted by Gasteiger charge is 2.43. The lowest BCUT2D eigenvalue weighted by atomic mass is 9.91. The minimum atomic E-state index is -0.512. The van der Waals surface area contributed by atoms with Crippen LogP contribution in [0.2, 0.25) is 0 Å². The Labute approximate surface area is 78.4 Å². The van der Waals surface area contributed by atoms with Gasteiger partial charge in [0.25, 0.3) is 0 Å². The van der Waals surface area contributed by atoms with E-state index in [2.05, 4.69) is 4.74 Å². The topological polar surface area (TPSA) is 61.5 Å². The third-order valence-electron chi connectivity index (χ3n) is 2.50. The molecule has 1 saturated carbocycles. The molecule has 0 heterocycles. The lowest BCUT2D eigenvalue weighted by molar-refractivity contribution is -0.142. The average molecular weight is 187 g/mol. The SMILES string of the molecule is COCC(N)(CC(=O)OC)C1CC1. The van der Waals surface area contributed by atoms with Crippen LogP contribution in [-0.4, -0.2) is 32.3 Å². The Hall–Kier alpha value is -0.610. The van der Waals surface area contributed by atoms with E-state index in [-0.39, 0.29) is 12.4 Å². The standard InChI is InChI=1S/C9H17NO3/c1-12-6-9(10,7-3-4-7)5-8(11)13-2/h7H,3-6,10H2,1-2H3. The summed E-state index contributed by atoms with van der Waals surface area (Å²) in [6.07, 6.45) is 2.44. The average Bonchev–Trinajstić information content (AvgIpc) is 2.86. The van der Waals surface area contributed by atoms with Crippen molar-refractivity contribution in [1.82, 2.24) is 0 Å². The van der Waals surface area contributed by atoms with Crippen molar-refractivity contribution in [3.05, 3.63) is 0 Å². The molecular formula is C9H17NO3. The lowest BCUT2D eigenvalue weighted by Crippen LogP contribution is -2.48. The summed E-state index contributed by atoms with van der Waals surface area (Å²) in [5.41, 5.74) is 5.55. The number of methoxy groups -OCH3 is 2. The van der Waals surface area contributed by atoms with Crippen molar-refractivity contribution in [2.24, 2.45) is 11.7 Å². The Morgan fingerprint density at radius 2 is 2.15 bits per heavy atom. The number of ether oxygens (including phenoxy) is 2. The molecule has 4 nitrogen and oxygen atoms in total. The van der Waals surface area contributed by atoms with Crippen LogP contribution in [0.15, 0.2) is 0 Å². The molecule has 13 heavy (non-hydrogen) atoms. The van der Waals surface area contributed by atoms with E-state index in [9.17, 15) is 4.79 Å². The van der Waals surface area contributed by atoms with Crippen LogP contribution in [0.25, 0.3) is 0 Å². The van der Waals surface area contributed by atoms with E-state index < -0.39 is 5.54 Å². The molecule has 1 aliphatic rings. The number of nitrogens with two attached hydrogens (primary N) is 1. The van der Waals surface area contributed by atoms with Gasteiger partial charge in [0.05, 0.1) is 25.7 Å². The van der Waals surface area contributed by atoms with Gasteiger partial charge in [-0.1, -0.05) is 0 Å². The molecular weight excluding hydrogens is 170 g/mol. The summed E-state index contributed by atoms with van der Waals surface area (Å²) >= 11 is 0. The molecule has 1 unspecified atom stereocenters. The molecule has 0 spiro atoms. The largest absolute Gasteiger partial charge is 0.469 e. The molecule has 2 N–H and O–H groups in total. The molecule has 1 aliphatic carbocycles. The molecule has 0 aliphatic heterocycles. The van der Waals surface area contributed by atoms with E-state index in [4.69, 9.17) is 10.5 Å². The Kier molecular flexibility index (Phi) is 3.27. The second-order valence-corrected chi connectivity index (χ2v) is 3.69. The van der Waals surface area contributed by atoms with Crippen LogP contribution in [0, 0.1) is 5.92 Å². The fourth-order valence-electron chi connectivity index (χ4n) is 1.58. The van der Waals surface area contributed by atoms with E-state index in [1.165, 1.54) is 7.11 Å². The first-order valence-electron chi connectivity index (χ1n) is 4.47. The van der Waals surface area contributed by atoms with Crippen LogP contribution in [0.3, 0.4) is 0 Å². The van der Waals surface area contributed by atoms with Crippen LogP contribution in [0.4, 0.5) is 0 Å². The maximum atomic E-state index is 11.1. The molecule has 1 rings (SSSR count). The molecule has 0 aromatic rings. The second-order valence-electron chi connectivity index (χ2n) is 3.69. The summed E-state index contributed by atoms with van der Waals surface area (Å²) in [5, 5.41) is 0. The third-order valence-corrected chi connectivity index (χ3v) is 2.50. The zero-order valence-electron chi connectivity index (χ0n) is 8.21. The van der Waals surface area contributed by atoms with E-state index in [0.717, 1.165) is 12.8 Å². The first kappa shape index (κ1) is 10.5. The van der Waals surface area contributed by atoms with Gasteiger partial charge < -0.3 is 15.2 Å². The molecule has 0 radical (unpaired) electrons. The normalized spacial score (nSPS) is 20.8. The van der Waals surface area contributed by atoms with Crippen molar-refractivity contribution in [3.63, 3.8) is 0 Å². The van der Waals surface area contributed by atoms with Crippen LogP contribution < -0.4 is 5.73 Å². The van der Waals surface area contributed by atoms with Gasteiger partial charge in [-0.2, -0.15) is 0 Å². The van der Waals surface area contributed by atoms with Crippen molar-refractivity contribution in [3.8, 4) is 0 Å². The second kappa shape index (κ2) is 4.07. The van der Waals surface area contributed by atoms with E-state index >= 15 is 0 Å². The maximum Gasteiger partial charge on any atom is 0.307 e. The maximum absolute atomic E-state index is 11.1. The first-order chi connectivity index (χ1) is 6.12. The molecule has 1 fully saturated rings. The summed E-state index contributed by atoms with van der Waals surface area (Å²) in [5.74, 6) is 0.165. The molecule has 4 heteroatoms. The third kappa shape index (κ3) is 2.67. The predicted octanol–water partition coefficient (Wildman–Crippen LogP) is 0.303. The number of carbonyl (C=O) groups is 1. The minimum Gasteiger partial charge on any atom is -0.469 e. The number of rotatable bonds is 5. The molecule has 1 atom stereocenters. The first-order valence-corrected chi connectivity index (χ1v) is 4.47. The Morgan fingerprint density at radius 1 is 1.54 bits per heavy atom. The van der Waals surface area contributed by atoms with Gasteiger partial charge in [0.15, 0.2) is 0 Å². The summed E-state index contributed by atoms with van der Waals surface area (Å²) in [6.45, 7) is 0.423. The fourth-order valence-corrected chi connectivity index (χ4v) is 1.58. The summed E-state index contributed by atoms with van der Waals surface area (Å²) in [4.78, 5) is 11.1. The number of hydrogen-bond acceptors (Lipinski definition) is 4. The summed E-state index contributed by atoms with van der Waals surface area (Å²) < 4.78 is 9.62. The Bertz CT molecular complexity index is 191. The van der Waals surface area contributed by atoms with Crippen molar-refractivity contribution < 1.29 is 14.3 Å². The number of carbonyl (C=O) groups excluding carboxylic acids is 1. The molecule has 76 valence electrons. The zero-order valence-corrected chi connectivity index (χ0v) is 8.21. The lowest BCUT2D eigenvalue weighted by Gasteiger charge is -2.27. The van der Waals surface area contributed by atoms with Crippen LogP contribution in [-0.2, 0) is 14.3 Å². The van der Waals surface area contributed by atoms with E-state index in [1.807, 2.05) is 0 Å². The minimum absolute atomic E-state index is 0.252. The highest BCUT2D eigenvalue weighted by atomic mass is 16.5. The van der Waals surface area contributed by atoms with Gasteiger partial charge in [-0.15, -0.1) is 0 Å². The summed E-state index contributed by atoms with van der Waals surface area (Å²) in [6, 6.07) is 0. The zero-order chi connectivity index (χ0) is 9.90. The van der Waals surface area contributed by atoms with Crippen LogP contribution in [0.5, 0.6) is 0 Å². The van der Waals surface area contributed by atoms with Gasteiger partial charge >= 0.3 is 5.97 Å². The highest BCUT2D eigenvalue weighted by molar-refractivity contribution is 5.70. The van der Waals surface area contributed by atoms with Crippen molar-refractivity contribution in [1.29, 1.82) is 0 Å². The molecule has 0 bridgehead atoms. The van der Waals surface area contributed by atoms with Gasteiger partial charge in [0, 0.05) is 7.11 Å². The van der Waals surface area contributed by atoms with Crippen LogP contribution in [0.1, 0.15) is 19.3 Å². The molecule has 0 saturated heterocycles. The Morgan fingerprint density at radius 3 is 2.54 bits per heavy atom. The van der Waals surface area contributed by atoms with Gasteiger partial charge in [-0.25, -0.2) is 0 Å². The van der Waals surface area contributed by atoms with Gasteiger partial charge in [-0.3, -0.25) is 4.79 Å². The van der Waals surface area contributed by atoms with E-state index in [0.29, 0.717) is 12.5 Å². The van der Waals surface area contributed by atoms with Gasteiger partial charge in [0.2, 0.25) is 0 Å². The molecule has 0 amide bonds. The Balaban J connectivity index is 2.50. The monoisotopic (exact) mass is 187 g/mol. The van der Waals surface area contributed by atoms with Crippen molar-refractivity contribution in [2.45, 2.75) is 24.8 Å². The van der Waals surface area contributed by atoms with Crippen LogP contribution >= 0.6 is 0 Å². The molecule has 0 aromatic heterocycles. The summed E-state index contributed by atoms with van der Waals surface area (Å²) in [7, 11) is 2.98. The van der Waals surface area contributed by atoms with Crippen molar-refractivity contribution in [2.75, 3.05) is 20.8 Å². The molecule has 0 aromatic carbocycles. The van der Waals surface area contributed by atoms with Gasteiger partial charge in [-0.05, 0) is 18.8 Å². The number of hydrogen-bond donors (Lipinski definition) is 1. The fraction of sp³-hybridized carbons (Fsp3) is 0.889. The van der Waals surface area contributed by atoms with Gasteiger partial charge in [0.1, 0.15) is 0 Å². The number of esters is 1. The highest BCUT2D eigenvalue weighted by Crippen LogP contribution is 2.40.